The highest BCUT2D eigenvalue weighted by Gasteiger charge is 2.20. The van der Waals surface area contributed by atoms with Crippen LogP contribution in [-0.2, 0) is 0 Å². The molecule has 0 atom stereocenters. The van der Waals surface area contributed by atoms with Gasteiger partial charge < -0.3 is 9.47 Å². The summed E-state index contributed by atoms with van der Waals surface area (Å²) in [5, 5.41) is -0.667. The van der Waals surface area contributed by atoms with Crippen molar-refractivity contribution in [1.82, 2.24) is 0 Å². The van der Waals surface area contributed by atoms with E-state index < -0.39 is 11.9 Å². The average molecular weight is 291 g/mol. The van der Waals surface area contributed by atoms with Crippen molar-refractivity contribution in [2.75, 3.05) is 0 Å². The van der Waals surface area contributed by atoms with Gasteiger partial charge >= 0.3 is 6.61 Å². The Balaban J connectivity index is 2.23. The molecule has 0 N–H and O–H groups in total. The first-order valence-corrected chi connectivity index (χ1v) is 6.39. The van der Waals surface area contributed by atoms with Gasteiger partial charge in [0, 0.05) is 5.56 Å². The summed E-state index contributed by atoms with van der Waals surface area (Å²) in [6.45, 7) is -2.94. The van der Waals surface area contributed by atoms with Gasteiger partial charge in [-0.25, -0.2) is 0 Å². The van der Waals surface area contributed by atoms with Crippen LogP contribution in [0.1, 0.15) is 36.0 Å². The summed E-state index contributed by atoms with van der Waals surface area (Å²) in [6.07, 6.45) is 3.80. The standard InChI is InChI=1S/C13H13ClF2O3/c14-12(17)8-5-6-10(19-13(15)16)11(7-8)18-9-3-1-2-4-9/h5-7,9,13H,1-4H2. The number of ether oxygens (including phenoxy) is 2. The molecule has 1 aromatic rings. The Kier molecular flexibility index (Phi) is 4.58. The summed E-state index contributed by atoms with van der Waals surface area (Å²) >= 11 is 5.37. The van der Waals surface area contributed by atoms with Crippen LogP contribution < -0.4 is 9.47 Å². The Labute approximate surface area is 114 Å². The molecule has 1 aliphatic rings. The fourth-order valence-corrected chi connectivity index (χ4v) is 2.22. The normalized spacial score (nSPS) is 15.8. The molecule has 1 fully saturated rings. The van der Waals surface area contributed by atoms with Crippen molar-refractivity contribution in [2.45, 2.75) is 38.4 Å². The van der Waals surface area contributed by atoms with E-state index in [-0.39, 0.29) is 23.2 Å². The van der Waals surface area contributed by atoms with Crippen molar-refractivity contribution in [1.29, 1.82) is 0 Å². The van der Waals surface area contributed by atoms with E-state index in [0.717, 1.165) is 25.7 Å². The maximum absolute atomic E-state index is 12.3. The molecular formula is C13H13ClF2O3. The molecule has 2 rings (SSSR count). The SMILES string of the molecule is O=C(Cl)c1ccc(OC(F)F)c(OC2CCCC2)c1. The Morgan fingerprint density at radius 1 is 1.26 bits per heavy atom. The maximum Gasteiger partial charge on any atom is 0.387 e. The number of hydrogen-bond acceptors (Lipinski definition) is 3. The smallest absolute Gasteiger partial charge is 0.387 e. The molecule has 0 aliphatic heterocycles. The fourth-order valence-electron chi connectivity index (χ4n) is 2.10. The third-order valence-corrected chi connectivity index (χ3v) is 3.20. The lowest BCUT2D eigenvalue weighted by Crippen LogP contribution is -2.13. The van der Waals surface area contributed by atoms with E-state index in [1.807, 2.05) is 0 Å². The summed E-state index contributed by atoms with van der Waals surface area (Å²) in [6, 6.07) is 3.94. The number of carbonyl (C=O) groups is 1. The highest BCUT2D eigenvalue weighted by molar-refractivity contribution is 6.67. The van der Waals surface area contributed by atoms with Crippen molar-refractivity contribution in [3.63, 3.8) is 0 Å². The minimum absolute atomic E-state index is 0.0271. The van der Waals surface area contributed by atoms with Crippen molar-refractivity contribution < 1.29 is 23.0 Å². The van der Waals surface area contributed by atoms with Crippen LogP contribution in [0.4, 0.5) is 8.78 Å². The van der Waals surface area contributed by atoms with Crippen molar-refractivity contribution in [3.05, 3.63) is 23.8 Å². The Morgan fingerprint density at radius 2 is 1.95 bits per heavy atom. The molecule has 1 aromatic carbocycles. The highest BCUT2D eigenvalue weighted by Crippen LogP contribution is 2.33. The minimum atomic E-state index is -2.94. The van der Waals surface area contributed by atoms with Crippen LogP contribution >= 0.6 is 11.6 Å². The van der Waals surface area contributed by atoms with E-state index in [1.54, 1.807) is 0 Å². The van der Waals surface area contributed by atoms with Gasteiger partial charge in [-0.05, 0) is 55.5 Å². The molecular weight excluding hydrogens is 278 g/mol. The van der Waals surface area contributed by atoms with E-state index >= 15 is 0 Å². The number of carbonyl (C=O) groups excluding carboxylic acids is 1. The van der Waals surface area contributed by atoms with Gasteiger partial charge in [-0.2, -0.15) is 8.78 Å². The van der Waals surface area contributed by atoms with Crippen LogP contribution in [0.3, 0.4) is 0 Å². The molecule has 6 heteroatoms. The third-order valence-electron chi connectivity index (χ3n) is 2.98. The first-order valence-electron chi connectivity index (χ1n) is 6.01. The van der Waals surface area contributed by atoms with E-state index in [9.17, 15) is 13.6 Å². The predicted octanol–water partition coefficient (Wildman–Crippen LogP) is 3.99. The van der Waals surface area contributed by atoms with Gasteiger partial charge in [0.05, 0.1) is 6.10 Å². The molecule has 0 amide bonds. The number of halogens is 3. The topological polar surface area (TPSA) is 35.5 Å². The fraction of sp³-hybridized carbons (Fsp3) is 0.462. The van der Waals surface area contributed by atoms with E-state index in [0.29, 0.717) is 0 Å². The molecule has 0 saturated heterocycles. The molecule has 0 aromatic heterocycles. The van der Waals surface area contributed by atoms with Crippen molar-refractivity contribution >= 4 is 16.8 Å². The zero-order chi connectivity index (χ0) is 13.8. The van der Waals surface area contributed by atoms with Crippen LogP contribution in [-0.4, -0.2) is 18.0 Å². The van der Waals surface area contributed by atoms with Crippen LogP contribution in [0.15, 0.2) is 18.2 Å². The van der Waals surface area contributed by atoms with Crippen LogP contribution in [0.25, 0.3) is 0 Å². The highest BCUT2D eigenvalue weighted by atomic mass is 35.5. The summed E-state index contributed by atoms with van der Waals surface area (Å²) in [5.74, 6) is 0.0577. The summed E-state index contributed by atoms with van der Waals surface area (Å²) in [4.78, 5) is 11.1. The van der Waals surface area contributed by atoms with Crippen LogP contribution in [0.2, 0.25) is 0 Å². The van der Waals surface area contributed by atoms with Crippen LogP contribution in [0, 0.1) is 0 Å². The molecule has 3 nitrogen and oxygen atoms in total. The monoisotopic (exact) mass is 290 g/mol. The predicted molar refractivity (Wildman–Crippen MR) is 66.1 cm³/mol. The molecule has 0 bridgehead atoms. The lowest BCUT2D eigenvalue weighted by atomic mass is 10.2. The average Bonchev–Trinajstić information content (AvgIpc) is 2.83. The number of rotatable bonds is 5. The second kappa shape index (κ2) is 6.19. The Bertz CT molecular complexity index is 459. The molecule has 1 saturated carbocycles. The van der Waals surface area contributed by atoms with Crippen LogP contribution in [0.5, 0.6) is 11.5 Å². The van der Waals surface area contributed by atoms with Gasteiger partial charge in [0.15, 0.2) is 11.5 Å². The lowest BCUT2D eigenvalue weighted by molar-refractivity contribution is -0.0520. The minimum Gasteiger partial charge on any atom is -0.487 e. The molecule has 0 heterocycles. The largest absolute Gasteiger partial charge is 0.487 e. The van der Waals surface area contributed by atoms with E-state index in [2.05, 4.69) is 4.74 Å². The lowest BCUT2D eigenvalue weighted by Gasteiger charge is -2.17. The molecule has 0 radical (unpaired) electrons. The summed E-state index contributed by atoms with van der Waals surface area (Å²) in [5.41, 5.74) is 0.191. The van der Waals surface area contributed by atoms with Gasteiger partial charge in [0.1, 0.15) is 0 Å². The second-order valence-corrected chi connectivity index (χ2v) is 4.68. The second-order valence-electron chi connectivity index (χ2n) is 4.34. The molecule has 0 spiro atoms. The van der Waals surface area contributed by atoms with E-state index in [4.69, 9.17) is 16.3 Å². The third kappa shape index (κ3) is 3.80. The van der Waals surface area contributed by atoms with Crippen molar-refractivity contribution in [2.24, 2.45) is 0 Å². The van der Waals surface area contributed by atoms with E-state index in [1.165, 1.54) is 18.2 Å². The molecule has 1 aliphatic carbocycles. The first-order chi connectivity index (χ1) is 9.06. The number of benzene rings is 1. The van der Waals surface area contributed by atoms with Gasteiger partial charge in [-0.1, -0.05) is 0 Å². The summed E-state index contributed by atoms with van der Waals surface area (Å²) in [7, 11) is 0. The zero-order valence-corrected chi connectivity index (χ0v) is 10.8. The Morgan fingerprint density at radius 3 is 2.53 bits per heavy atom. The molecule has 0 unspecified atom stereocenters. The van der Waals surface area contributed by atoms with Gasteiger partial charge in [0.25, 0.3) is 5.24 Å². The van der Waals surface area contributed by atoms with Gasteiger partial charge in [0.2, 0.25) is 0 Å². The number of hydrogen-bond donors (Lipinski definition) is 0. The first kappa shape index (κ1) is 14.1. The van der Waals surface area contributed by atoms with Crippen molar-refractivity contribution in [3.8, 4) is 11.5 Å². The van der Waals surface area contributed by atoms with Gasteiger partial charge in [-0.3, -0.25) is 4.79 Å². The molecule has 19 heavy (non-hydrogen) atoms. The van der Waals surface area contributed by atoms with Gasteiger partial charge in [-0.15, -0.1) is 0 Å². The Hall–Kier alpha value is -1.36. The summed E-state index contributed by atoms with van der Waals surface area (Å²) < 4.78 is 34.6. The maximum atomic E-state index is 12.3. The quantitative estimate of drug-likeness (QED) is 0.769. The molecule has 104 valence electrons. The zero-order valence-electron chi connectivity index (χ0n) is 10.1. The number of alkyl halides is 2.